The number of halogens is 2. The molecule has 2 rings (SSSR count). The van der Waals surface area contributed by atoms with Crippen LogP contribution < -0.4 is 10.2 Å². The second-order valence-corrected chi connectivity index (χ2v) is 6.80. The standard InChI is InChI=1S/C16H16Br2N2O2/c1-10(2)8-19-20-15(21)9-22-14-6-3-11-7-12(17)4-5-13(11)16(14)18/h3-8,10H,9H2,1-2H3,(H,20,21). The lowest BCUT2D eigenvalue weighted by Gasteiger charge is -2.10. The summed E-state index contributed by atoms with van der Waals surface area (Å²) in [7, 11) is 0. The molecule has 1 amide bonds. The van der Waals surface area contributed by atoms with Crippen LogP contribution in [-0.2, 0) is 4.79 Å². The molecule has 0 radical (unpaired) electrons. The normalized spacial score (nSPS) is 11.3. The molecule has 0 aliphatic rings. The molecular formula is C16H16Br2N2O2. The van der Waals surface area contributed by atoms with Crippen LogP contribution >= 0.6 is 31.9 Å². The van der Waals surface area contributed by atoms with E-state index >= 15 is 0 Å². The average molecular weight is 428 g/mol. The summed E-state index contributed by atoms with van der Waals surface area (Å²) in [5.74, 6) is 0.618. The first-order chi connectivity index (χ1) is 10.5. The first kappa shape index (κ1) is 17.0. The van der Waals surface area contributed by atoms with Gasteiger partial charge in [0.15, 0.2) is 6.61 Å². The minimum Gasteiger partial charge on any atom is -0.483 e. The average Bonchev–Trinajstić information content (AvgIpc) is 2.46. The van der Waals surface area contributed by atoms with Crippen LogP contribution in [0, 0.1) is 5.92 Å². The van der Waals surface area contributed by atoms with Crippen molar-refractivity contribution in [3.63, 3.8) is 0 Å². The summed E-state index contributed by atoms with van der Waals surface area (Å²) in [5, 5.41) is 5.95. The van der Waals surface area contributed by atoms with Gasteiger partial charge in [-0.3, -0.25) is 4.79 Å². The van der Waals surface area contributed by atoms with Crippen LogP contribution in [-0.4, -0.2) is 18.7 Å². The molecular weight excluding hydrogens is 412 g/mol. The van der Waals surface area contributed by atoms with E-state index in [2.05, 4.69) is 42.4 Å². The molecule has 0 bridgehead atoms. The van der Waals surface area contributed by atoms with E-state index in [9.17, 15) is 4.79 Å². The first-order valence-corrected chi connectivity index (χ1v) is 8.38. The largest absolute Gasteiger partial charge is 0.483 e. The lowest BCUT2D eigenvalue weighted by atomic mass is 10.1. The minimum absolute atomic E-state index is 0.0872. The number of nitrogens with zero attached hydrogens (tertiary/aromatic N) is 1. The molecule has 0 atom stereocenters. The van der Waals surface area contributed by atoms with Gasteiger partial charge >= 0.3 is 0 Å². The van der Waals surface area contributed by atoms with Crippen molar-refractivity contribution >= 4 is 54.8 Å². The summed E-state index contributed by atoms with van der Waals surface area (Å²) in [6, 6.07) is 9.77. The molecule has 0 saturated carbocycles. The third-order valence-electron chi connectivity index (χ3n) is 2.80. The summed E-state index contributed by atoms with van der Waals surface area (Å²) in [4.78, 5) is 11.6. The van der Waals surface area contributed by atoms with Gasteiger partial charge in [-0.05, 0) is 50.8 Å². The number of hydrazone groups is 1. The van der Waals surface area contributed by atoms with E-state index in [1.54, 1.807) is 6.21 Å². The summed E-state index contributed by atoms with van der Waals surface area (Å²) in [5.41, 5.74) is 2.43. The van der Waals surface area contributed by atoms with E-state index in [4.69, 9.17) is 4.74 Å². The van der Waals surface area contributed by atoms with Gasteiger partial charge in [-0.25, -0.2) is 5.43 Å². The molecule has 2 aromatic carbocycles. The Balaban J connectivity index is 2.04. The second-order valence-electron chi connectivity index (χ2n) is 5.09. The predicted octanol–water partition coefficient (Wildman–Crippen LogP) is 4.50. The van der Waals surface area contributed by atoms with E-state index in [0.717, 1.165) is 19.7 Å². The van der Waals surface area contributed by atoms with Gasteiger partial charge in [-0.2, -0.15) is 5.10 Å². The smallest absolute Gasteiger partial charge is 0.277 e. The number of ether oxygens (including phenoxy) is 1. The number of benzene rings is 2. The Bertz CT molecular complexity index is 715. The van der Waals surface area contributed by atoms with E-state index in [0.29, 0.717) is 5.75 Å². The molecule has 0 aliphatic heterocycles. The zero-order chi connectivity index (χ0) is 16.1. The number of hydrogen-bond acceptors (Lipinski definition) is 3. The van der Waals surface area contributed by atoms with E-state index in [1.165, 1.54) is 0 Å². The first-order valence-electron chi connectivity index (χ1n) is 6.80. The maximum atomic E-state index is 11.6. The molecule has 0 fully saturated rings. The fourth-order valence-corrected chi connectivity index (χ4v) is 2.77. The van der Waals surface area contributed by atoms with Crippen LogP contribution in [0.3, 0.4) is 0 Å². The number of hydrogen-bond donors (Lipinski definition) is 1. The molecule has 22 heavy (non-hydrogen) atoms. The highest BCUT2D eigenvalue weighted by Crippen LogP contribution is 2.34. The van der Waals surface area contributed by atoms with Crippen LogP contribution in [0.15, 0.2) is 44.4 Å². The van der Waals surface area contributed by atoms with E-state index < -0.39 is 0 Å². The summed E-state index contributed by atoms with van der Waals surface area (Å²) < 4.78 is 7.40. The van der Waals surface area contributed by atoms with Crippen molar-refractivity contribution in [1.82, 2.24) is 5.43 Å². The zero-order valence-corrected chi connectivity index (χ0v) is 15.4. The Hall–Kier alpha value is -1.40. The van der Waals surface area contributed by atoms with Crippen LogP contribution in [0.25, 0.3) is 10.8 Å². The van der Waals surface area contributed by atoms with Gasteiger partial charge < -0.3 is 4.74 Å². The molecule has 0 spiro atoms. The van der Waals surface area contributed by atoms with Crippen molar-refractivity contribution in [2.45, 2.75) is 13.8 Å². The number of carbonyl (C=O) groups excluding carboxylic acids is 1. The van der Waals surface area contributed by atoms with Crippen LogP contribution in [0.2, 0.25) is 0 Å². The Morgan fingerprint density at radius 2 is 2.09 bits per heavy atom. The van der Waals surface area contributed by atoms with Gasteiger partial charge in [0, 0.05) is 10.7 Å². The number of nitrogens with one attached hydrogen (secondary N) is 1. The molecule has 0 unspecified atom stereocenters. The van der Waals surface area contributed by atoms with Crippen LogP contribution in [0.1, 0.15) is 13.8 Å². The molecule has 116 valence electrons. The second kappa shape index (κ2) is 7.74. The van der Waals surface area contributed by atoms with Crippen molar-refractivity contribution in [3.05, 3.63) is 39.3 Å². The highest BCUT2D eigenvalue weighted by molar-refractivity contribution is 9.11. The minimum atomic E-state index is -0.292. The highest BCUT2D eigenvalue weighted by Gasteiger charge is 2.08. The number of fused-ring (bicyclic) bond motifs is 1. The van der Waals surface area contributed by atoms with Crippen molar-refractivity contribution in [1.29, 1.82) is 0 Å². The molecule has 2 aromatic rings. The summed E-state index contributed by atoms with van der Waals surface area (Å²) >= 11 is 6.97. The number of amides is 1. The molecule has 0 heterocycles. The monoisotopic (exact) mass is 426 g/mol. The van der Waals surface area contributed by atoms with Gasteiger partial charge in [-0.15, -0.1) is 0 Å². The number of carbonyl (C=O) groups is 1. The van der Waals surface area contributed by atoms with E-state index in [-0.39, 0.29) is 18.4 Å². The van der Waals surface area contributed by atoms with Gasteiger partial charge in [-0.1, -0.05) is 41.9 Å². The molecule has 1 N–H and O–H groups in total. The Labute approximate surface area is 146 Å². The molecule has 4 nitrogen and oxygen atoms in total. The quantitative estimate of drug-likeness (QED) is 0.564. The molecule has 0 aromatic heterocycles. The Morgan fingerprint density at radius 3 is 2.82 bits per heavy atom. The Morgan fingerprint density at radius 1 is 1.32 bits per heavy atom. The van der Waals surface area contributed by atoms with Crippen LogP contribution in [0.4, 0.5) is 0 Å². The zero-order valence-electron chi connectivity index (χ0n) is 12.3. The summed E-state index contributed by atoms with van der Waals surface area (Å²) in [6.07, 6.45) is 1.67. The van der Waals surface area contributed by atoms with Gasteiger partial charge in [0.25, 0.3) is 5.91 Å². The lowest BCUT2D eigenvalue weighted by molar-refractivity contribution is -0.123. The Kier molecular flexibility index (Phi) is 5.97. The van der Waals surface area contributed by atoms with Gasteiger partial charge in [0.05, 0.1) is 4.47 Å². The fraction of sp³-hybridized carbons (Fsp3) is 0.250. The fourth-order valence-electron chi connectivity index (χ4n) is 1.79. The summed E-state index contributed by atoms with van der Waals surface area (Å²) in [6.45, 7) is 3.88. The third kappa shape index (κ3) is 4.55. The topological polar surface area (TPSA) is 50.7 Å². The van der Waals surface area contributed by atoms with Gasteiger partial charge in [0.1, 0.15) is 5.75 Å². The maximum Gasteiger partial charge on any atom is 0.277 e. The molecule has 0 saturated heterocycles. The van der Waals surface area contributed by atoms with Gasteiger partial charge in [0.2, 0.25) is 0 Å². The van der Waals surface area contributed by atoms with Crippen molar-refractivity contribution < 1.29 is 9.53 Å². The SMILES string of the molecule is CC(C)C=NNC(=O)COc1ccc2cc(Br)ccc2c1Br. The van der Waals surface area contributed by atoms with Crippen molar-refractivity contribution in [2.75, 3.05) is 6.61 Å². The maximum absolute atomic E-state index is 11.6. The molecule has 0 aliphatic carbocycles. The van der Waals surface area contributed by atoms with E-state index in [1.807, 2.05) is 44.2 Å². The number of rotatable bonds is 5. The van der Waals surface area contributed by atoms with Crippen LogP contribution in [0.5, 0.6) is 5.75 Å². The third-order valence-corrected chi connectivity index (χ3v) is 4.11. The van der Waals surface area contributed by atoms with Crippen molar-refractivity contribution in [2.24, 2.45) is 11.0 Å². The highest BCUT2D eigenvalue weighted by atomic mass is 79.9. The lowest BCUT2D eigenvalue weighted by Crippen LogP contribution is -2.24. The van der Waals surface area contributed by atoms with Crippen molar-refractivity contribution in [3.8, 4) is 5.75 Å². The molecule has 6 heteroatoms. The predicted molar refractivity (Wildman–Crippen MR) is 96.3 cm³/mol.